The van der Waals surface area contributed by atoms with Gasteiger partial charge in [0.25, 0.3) is 5.91 Å². The van der Waals surface area contributed by atoms with Crippen molar-refractivity contribution < 1.29 is 9.90 Å². The smallest absolute Gasteiger partial charge is 0.257 e. The van der Waals surface area contributed by atoms with Crippen LogP contribution in [-0.4, -0.2) is 25.9 Å². The summed E-state index contributed by atoms with van der Waals surface area (Å²) in [5, 5.41) is 12.1. The maximum atomic E-state index is 13.4. The van der Waals surface area contributed by atoms with E-state index in [4.69, 9.17) is 0 Å². The quantitative estimate of drug-likeness (QED) is 0.547. The van der Waals surface area contributed by atoms with Crippen LogP contribution in [0.25, 0.3) is 11.0 Å². The summed E-state index contributed by atoms with van der Waals surface area (Å²) < 4.78 is 0. The van der Waals surface area contributed by atoms with E-state index in [0.717, 1.165) is 15.9 Å². The molecule has 0 aliphatic carbocycles. The molecule has 2 N–H and O–H groups in total. The highest BCUT2D eigenvalue weighted by atomic mass is 32.1. The molecular weight excluding hydrogens is 370 g/mol. The lowest BCUT2D eigenvalue weighted by Crippen LogP contribution is -2.45. The number of aromatic nitrogens is 2. The number of imidazole rings is 1. The molecule has 1 aliphatic heterocycles. The van der Waals surface area contributed by atoms with E-state index in [1.54, 1.807) is 28.6 Å². The number of rotatable bonds is 3. The van der Waals surface area contributed by atoms with Crippen LogP contribution in [0.5, 0.6) is 0 Å². The number of amides is 1. The van der Waals surface area contributed by atoms with Crippen molar-refractivity contribution in [2.45, 2.75) is 25.6 Å². The number of benzene rings is 2. The van der Waals surface area contributed by atoms with Gasteiger partial charge in [-0.3, -0.25) is 9.69 Å². The average molecular weight is 389 g/mol. The lowest BCUT2D eigenvalue weighted by Gasteiger charge is -2.38. The van der Waals surface area contributed by atoms with Crippen molar-refractivity contribution >= 4 is 28.3 Å². The van der Waals surface area contributed by atoms with E-state index >= 15 is 0 Å². The maximum absolute atomic E-state index is 13.4. The molecule has 0 fully saturated rings. The van der Waals surface area contributed by atoms with E-state index in [-0.39, 0.29) is 11.9 Å². The van der Waals surface area contributed by atoms with Crippen LogP contribution < -0.4 is 0 Å². The Morgan fingerprint density at radius 2 is 2.00 bits per heavy atom. The van der Waals surface area contributed by atoms with Crippen molar-refractivity contribution in [1.82, 2.24) is 14.9 Å². The van der Waals surface area contributed by atoms with Crippen molar-refractivity contribution in [2.75, 3.05) is 0 Å². The second-order valence-electron chi connectivity index (χ2n) is 7.15. The molecule has 2 atom stereocenters. The van der Waals surface area contributed by atoms with Crippen molar-refractivity contribution in [2.24, 2.45) is 0 Å². The van der Waals surface area contributed by atoms with E-state index in [1.165, 1.54) is 4.88 Å². The van der Waals surface area contributed by atoms with Crippen molar-refractivity contribution in [3.63, 3.8) is 0 Å². The molecule has 2 aromatic carbocycles. The lowest BCUT2D eigenvalue weighted by atomic mass is 9.92. The summed E-state index contributed by atoms with van der Waals surface area (Å²) in [7, 11) is 0. The Kier molecular flexibility index (Phi) is 3.69. The number of aromatic amines is 1. The Balaban J connectivity index is 1.73. The molecule has 140 valence electrons. The number of aliphatic hydroxyl groups is 1. The molecule has 5 rings (SSSR count). The molecule has 2 aromatic heterocycles. The highest BCUT2D eigenvalue weighted by Crippen LogP contribution is 2.47. The Labute approximate surface area is 166 Å². The largest absolute Gasteiger partial charge is 0.363 e. The minimum absolute atomic E-state index is 0.165. The zero-order valence-electron chi connectivity index (χ0n) is 15.5. The Bertz CT molecular complexity index is 1210. The Morgan fingerprint density at radius 3 is 2.79 bits per heavy atom. The van der Waals surface area contributed by atoms with E-state index in [0.29, 0.717) is 16.7 Å². The normalized spacial score (nSPS) is 20.0. The fourth-order valence-electron chi connectivity index (χ4n) is 4.09. The molecule has 1 aliphatic rings. The summed E-state index contributed by atoms with van der Waals surface area (Å²) in [5.74, 6) is -0.165. The van der Waals surface area contributed by atoms with Crippen LogP contribution in [-0.2, 0) is 5.72 Å². The molecule has 28 heavy (non-hydrogen) atoms. The monoisotopic (exact) mass is 389 g/mol. The number of nitrogens with one attached hydrogen (secondary N) is 1. The Morgan fingerprint density at radius 1 is 1.18 bits per heavy atom. The highest BCUT2D eigenvalue weighted by molar-refractivity contribution is 7.12. The molecule has 4 aromatic rings. The van der Waals surface area contributed by atoms with E-state index in [9.17, 15) is 9.90 Å². The molecule has 2 unspecified atom stereocenters. The van der Waals surface area contributed by atoms with Gasteiger partial charge in [-0.2, -0.15) is 0 Å². The first-order chi connectivity index (χ1) is 13.5. The number of H-pyrrole nitrogens is 1. The average Bonchev–Trinajstić information content (AvgIpc) is 3.40. The number of nitrogens with zero attached hydrogens (tertiary/aromatic N) is 2. The van der Waals surface area contributed by atoms with Crippen molar-refractivity contribution in [3.8, 4) is 0 Å². The third-order valence-electron chi connectivity index (χ3n) is 5.48. The first-order valence-corrected chi connectivity index (χ1v) is 9.97. The number of aryl methyl sites for hydroxylation is 1. The van der Waals surface area contributed by atoms with Crippen LogP contribution in [0.15, 0.2) is 60.9 Å². The van der Waals surface area contributed by atoms with E-state index < -0.39 is 5.72 Å². The summed E-state index contributed by atoms with van der Waals surface area (Å²) in [4.78, 5) is 24.5. The van der Waals surface area contributed by atoms with Gasteiger partial charge in [-0.25, -0.2) is 4.98 Å². The number of carbonyl (C=O) groups excluding carboxylic acids is 1. The molecule has 0 radical (unpaired) electrons. The predicted octanol–water partition coefficient (Wildman–Crippen LogP) is 4.34. The zero-order chi connectivity index (χ0) is 19.5. The van der Waals surface area contributed by atoms with Gasteiger partial charge in [-0.1, -0.05) is 24.3 Å². The lowest BCUT2D eigenvalue weighted by molar-refractivity contribution is -0.0670. The molecule has 0 saturated carbocycles. The third kappa shape index (κ3) is 2.28. The zero-order valence-corrected chi connectivity index (χ0v) is 16.3. The summed E-state index contributed by atoms with van der Waals surface area (Å²) in [6.07, 6.45) is 1.63. The van der Waals surface area contributed by atoms with Gasteiger partial charge >= 0.3 is 0 Å². The van der Waals surface area contributed by atoms with Crippen molar-refractivity contribution in [3.05, 3.63) is 87.4 Å². The molecule has 0 saturated heterocycles. The van der Waals surface area contributed by atoms with Crippen LogP contribution >= 0.6 is 11.3 Å². The van der Waals surface area contributed by atoms with Crippen LogP contribution in [0.1, 0.15) is 44.2 Å². The van der Waals surface area contributed by atoms with Crippen LogP contribution in [0.2, 0.25) is 0 Å². The fraction of sp³-hybridized carbons (Fsp3) is 0.182. The first-order valence-electron chi connectivity index (χ1n) is 9.15. The maximum Gasteiger partial charge on any atom is 0.257 e. The summed E-state index contributed by atoms with van der Waals surface area (Å²) >= 11 is 1.64. The topological polar surface area (TPSA) is 69.2 Å². The third-order valence-corrected chi connectivity index (χ3v) is 6.65. The van der Waals surface area contributed by atoms with Gasteiger partial charge in [0.05, 0.1) is 23.4 Å². The SMILES string of the molecule is Cc1ccc(C(C)N2C(=O)c3ccccc3C2(O)c2ccc3nc[nH]c3c2)s1. The number of carbonyl (C=O) groups is 1. The van der Waals surface area contributed by atoms with Gasteiger partial charge in [-0.15, -0.1) is 11.3 Å². The van der Waals surface area contributed by atoms with E-state index in [1.807, 2.05) is 62.4 Å². The van der Waals surface area contributed by atoms with Gasteiger partial charge in [0.15, 0.2) is 5.72 Å². The molecule has 3 heterocycles. The minimum atomic E-state index is -1.55. The molecule has 6 heteroatoms. The second kappa shape index (κ2) is 6.02. The summed E-state index contributed by atoms with van der Waals surface area (Å²) in [5.41, 5.74) is 1.88. The Hall–Kier alpha value is -2.96. The highest BCUT2D eigenvalue weighted by Gasteiger charge is 2.52. The van der Waals surface area contributed by atoms with Gasteiger partial charge in [-0.05, 0) is 44.2 Å². The van der Waals surface area contributed by atoms with Gasteiger partial charge in [0.2, 0.25) is 0 Å². The van der Waals surface area contributed by atoms with Gasteiger partial charge < -0.3 is 10.1 Å². The predicted molar refractivity (Wildman–Crippen MR) is 109 cm³/mol. The summed E-state index contributed by atoms with van der Waals surface area (Å²) in [6.45, 7) is 4.01. The van der Waals surface area contributed by atoms with Crippen LogP contribution in [0, 0.1) is 6.92 Å². The van der Waals surface area contributed by atoms with Crippen LogP contribution in [0.4, 0.5) is 0 Å². The number of hydrogen-bond donors (Lipinski definition) is 2. The standard InChI is InChI=1S/C22H19N3O2S/c1-13-7-10-20(28-13)14(2)25-21(26)16-5-3-4-6-17(16)22(25,27)15-8-9-18-19(11-15)24-12-23-18/h3-12,14,27H,1-2H3,(H,23,24). The summed E-state index contributed by atoms with van der Waals surface area (Å²) in [6, 6.07) is 16.7. The number of thiophene rings is 1. The van der Waals surface area contributed by atoms with Crippen LogP contribution in [0.3, 0.4) is 0 Å². The molecule has 0 bridgehead atoms. The van der Waals surface area contributed by atoms with E-state index in [2.05, 4.69) is 9.97 Å². The van der Waals surface area contributed by atoms with Gasteiger partial charge in [0.1, 0.15) is 0 Å². The molecule has 0 spiro atoms. The molecule has 1 amide bonds. The number of fused-ring (bicyclic) bond motifs is 2. The molecular formula is C22H19N3O2S. The second-order valence-corrected chi connectivity index (χ2v) is 8.47. The molecule has 5 nitrogen and oxygen atoms in total. The van der Waals surface area contributed by atoms with Crippen molar-refractivity contribution in [1.29, 1.82) is 0 Å². The van der Waals surface area contributed by atoms with Gasteiger partial charge in [0, 0.05) is 26.4 Å². The first kappa shape index (κ1) is 17.2. The minimum Gasteiger partial charge on any atom is -0.363 e. The fourth-order valence-corrected chi connectivity index (χ4v) is 5.01. The number of hydrogen-bond acceptors (Lipinski definition) is 4.